The van der Waals surface area contributed by atoms with Gasteiger partial charge in [0.1, 0.15) is 9.79 Å². The number of nitrogens with zero attached hydrogens (tertiary/aromatic N) is 5. The van der Waals surface area contributed by atoms with Crippen molar-refractivity contribution in [3.05, 3.63) is 83.6 Å². The summed E-state index contributed by atoms with van der Waals surface area (Å²) in [7, 11) is -18.3. The van der Waals surface area contributed by atoms with Gasteiger partial charge in [-0.05, 0) is 84.8 Å². The van der Waals surface area contributed by atoms with E-state index >= 15 is 0 Å². The molecule has 0 radical (unpaired) electrons. The molecular formula is C28H24ClN7O12S4. The summed E-state index contributed by atoms with van der Waals surface area (Å²) >= 11 is 6.09. The highest BCUT2D eigenvalue weighted by Gasteiger charge is 2.21. The van der Waals surface area contributed by atoms with Crippen LogP contribution in [0.25, 0.3) is 10.8 Å². The number of aryl methyl sites for hydroxylation is 1. The maximum atomic E-state index is 12.4. The van der Waals surface area contributed by atoms with E-state index in [9.17, 15) is 42.8 Å². The van der Waals surface area contributed by atoms with E-state index in [0.717, 1.165) is 12.1 Å². The Morgan fingerprint density at radius 1 is 0.712 bits per heavy atom. The van der Waals surface area contributed by atoms with Crippen molar-refractivity contribution in [3.8, 4) is 0 Å². The first kappa shape index (κ1) is 38.5. The lowest BCUT2D eigenvalue weighted by Gasteiger charge is -2.10. The molecular weight excluding hydrogens is 790 g/mol. The van der Waals surface area contributed by atoms with Crippen LogP contribution in [-0.2, 0) is 44.7 Å². The number of sulfone groups is 1. The van der Waals surface area contributed by atoms with Gasteiger partial charge in [-0.2, -0.15) is 50.4 Å². The van der Waals surface area contributed by atoms with E-state index in [4.69, 9.17) is 16.2 Å². The molecule has 0 saturated carbocycles. The van der Waals surface area contributed by atoms with Crippen LogP contribution < -0.4 is 10.6 Å². The minimum Gasteiger partial charge on any atom is -0.324 e. The van der Waals surface area contributed by atoms with E-state index in [1.165, 1.54) is 42.5 Å². The van der Waals surface area contributed by atoms with Gasteiger partial charge in [-0.25, -0.2) is 12.6 Å². The zero-order valence-electron chi connectivity index (χ0n) is 26.1. The number of anilines is 4. The van der Waals surface area contributed by atoms with Gasteiger partial charge in [-0.3, -0.25) is 13.7 Å². The van der Waals surface area contributed by atoms with Crippen molar-refractivity contribution in [2.45, 2.75) is 21.6 Å². The van der Waals surface area contributed by atoms with Crippen LogP contribution in [0.2, 0.25) is 5.28 Å². The lowest BCUT2D eigenvalue weighted by Crippen LogP contribution is -2.15. The fourth-order valence-electron chi connectivity index (χ4n) is 4.60. The van der Waals surface area contributed by atoms with Gasteiger partial charge in [0, 0.05) is 22.1 Å². The fraction of sp³-hybridized carbons (Fsp3) is 0.107. The second kappa shape index (κ2) is 14.7. The molecule has 1 heterocycles. The summed E-state index contributed by atoms with van der Waals surface area (Å²) in [5.74, 6) is -0.708. The maximum absolute atomic E-state index is 12.4. The Bertz CT molecular complexity index is 2680. The van der Waals surface area contributed by atoms with Gasteiger partial charge in [0.15, 0.2) is 9.84 Å². The normalized spacial score (nSPS) is 12.7. The summed E-state index contributed by atoms with van der Waals surface area (Å²) in [4.78, 5) is 10.9. The summed E-state index contributed by atoms with van der Waals surface area (Å²) in [6.07, 6.45) is 0. The zero-order chi connectivity index (χ0) is 38.1. The van der Waals surface area contributed by atoms with Crippen LogP contribution >= 0.6 is 11.6 Å². The molecule has 0 aliphatic heterocycles. The van der Waals surface area contributed by atoms with E-state index in [0.29, 0.717) is 22.6 Å². The standard InChI is InChI=1S/C28H24ClN7O12S4/c1-16-13-18(7-10-23(16)36-35-19-14-22-21(25(15-19)51(42,43)44)3-2-4-24(22)50(39,40)41)31-28-33-26(29)32-27(34-28)30-17-5-8-20(9-6-17)49(37,38)12-11-48-52(45,46)47/h2-10,13-15H,11-12H2,1H3,(H,39,40,41)(H,42,43,44)(H,45,46,47)(H2,30,31,32,33,34). The van der Waals surface area contributed by atoms with Crippen molar-refractivity contribution >= 4 is 97.5 Å². The number of rotatable bonds is 13. The van der Waals surface area contributed by atoms with Crippen molar-refractivity contribution in [2.75, 3.05) is 23.0 Å². The first-order valence-corrected chi connectivity index (χ1v) is 20.4. The molecule has 0 bridgehead atoms. The molecule has 0 aliphatic carbocycles. The predicted octanol–water partition coefficient (Wildman–Crippen LogP) is 4.98. The number of azo groups is 1. The Hall–Kier alpha value is -4.72. The fourth-order valence-corrected chi connectivity index (χ4v) is 7.67. The summed E-state index contributed by atoms with van der Waals surface area (Å²) in [5, 5.41) is 13.4. The molecule has 0 atom stereocenters. The minimum atomic E-state index is -4.84. The van der Waals surface area contributed by atoms with Gasteiger partial charge in [0.25, 0.3) is 20.2 Å². The van der Waals surface area contributed by atoms with Crippen LogP contribution in [-0.4, -0.2) is 74.6 Å². The SMILES string of the molecule is Cc1cc(Nc2nc(Cl)nc(Nc3ccc(S(=O)(=O)CCOS(=O)(=O)O)cc3)n2)ccc1N=Nc1cc(S(=O)(=O)O)c2cccc(S(=O)(=O)O)c2c1. The van der Waals surface area contributed by atoms with Crippen LogP contribution in [0.5, 0.6) is 0 Å². The second-order valence-electron chi connectivity index (χ2n) is 10.5. The number of hydrogen-bond donors (Lipinski definition) is 5. The number of fused-ring (bicyclic) bond motifs is 1. The zero-order valence-corrected chi connectivity index (χ0v) is 30.1. The Kier molecular flexibility index (Phi) is 10.9. The van der Waals surface area contributed by atoms with E-state index in [1.54, 1.807) is 25.1 Å². The number of aromatic nitrogens is 3. The molecule has 1 aromatic heterocycles. The van der Waals surface area contributed by atoms with E-state index in [1.807, 2.05) is 0 Å². The monoisotopic (exact) mass is 813 g/mol. The number of halogens is 1. The van der Waals surface area contributed by atoms with Crippen LogP contribution in [0.15, 0.2) is 97.7 Å². The van der Waals surface area contributed by atoms with Crippen LogP contribution in [0.3, 0.4) is 0 Å². The van der Waals surface area contributed by atoms with E-state index in [-0.39, 0.29) is 38.5 Å². The maximum Gasteiger partial charge on any atom is 0.397 e. The summed E-state index contributed by atoms with van der Waals surface area (Å²) < 4.78 is 126. The van der Waals surface area contributed by atoms with Gasteiger partial charge in [-0.15, -0.1) is 0 Å². The van der Waals surface area contributed by atoms with Crippen LogP contribution in [0.4, 0.5) is 34.6 Å². The van der Waals surface area contributed by atoms with Crippen molar-refractivity contribution in [3.63, 3.8) is 0 Å². The van der Waals surface area contributed by atoms with Gasteiger partial charge in [0.2, 0.25) is 17.2 Å². The molecule has 19 nitrogen and oxygen atoms in total. The Balaban J connectivity index is 1.32. The molecule has 5 rings (SSSR count). The van der Waals surface area contributed by atoms with Crippen molar-refractivity contribution in [1.29, 1.82) is 0 Å². The highest BCUT2D eigenvalue weighted by molar-refractivity contribution is 7.91. The molecule has 0 spiro atoms. The number of nitrogens with one attached hydrogen (secondary N) is 2. The van der Waals surface area contributed by atoms with E-state index in [2.05, 4.69) is 40.0 Å². The summed E-state index contributed by atoms with van der Waals surface area (Å²) in [5.41, 5.74) is 1.56. The van der Waals surface area contributed by atoms with Gasteiger partial charge in [-0.1, -0.05) is 12.1 Å². The smallest absolute Gasteiger partial charge is 0.324 e. The minimum absolute atomic E-state index is 0.0119. The molecule has 274 valence electrons. The van der Waals surface area contributed by atoms with Crippen molar-refractivity contribution in [2.24, 2.45) is 10.2 Å². The molecule has 52 heavy (non-hydrogen) atoms. The summed E-state index contributed by atoms with van der Waals surface area (Å²) in [6, 6.07) is 15.8. The Labute approximate surface area is 301 Å². The Morgan fingerprint density at radius 3 is 1.92 bits per heavy atom. The van der Waals surface area contributed by atoms with Crippen LogP contribution in [0, 0.1) is 6.92 Å². The quantitative estimate of drug-likeness (QED) is 0.0773. The van der Waals surface area contributed by atoms with Gasteiger partial charge < -0.3 is 10.6 Å². The number of benzene rings is 4. The average molecular weight is 814 g/mol. The molecule has 0 saturated heterocycles. The van der Waals surface area contributed by atoms with E-state index < -0.39 is 62.6 Å². The van der Waals surface area contributed by atoms with Crippen molar-refractivity contribution in [1.82, 2.24) is 15.0 Å². The predicted molar refractivity (Wildman–Crippen MR) is 186 cm³/mol. The first-order valence-electron chi connectivity index (χ1n) is 14.1. The molecule has 5 N–H and O–H groups in total. The molecule has 0 fully saturated rings. The Morgan fingerprint density at radius 2 is 1.33 bits per heavy atom. The number of hydrogen-bond acceptors (Lipinski definition) is 16. The molecule has 0 amide bonds. The molecule has 0 aliphatic rings. The van der Waals surface area contributed by atoms with Crippen LogP contribution in [0.1, 0.15) is 5.56 Å². The molecule has 5 aromatic rings. The molecule has 0 unspecified atom stereocenters. The van der Waals surface area contributed by atoms with Gasteiger partial charge in [0.05, 0.1) is 28.6 Å². The second-order valence-corrected chi connectivity index (χ2v) is 16.9. The third-order valence-corrected chi connectivity index (χ3v) is 11.0. The lowest BCUT2D eigenvalue weighted by molar-refractivity contribution is 0.284. The third-order valence-electron chi connectivity index (χ3n) is 6.85. The third kappa shape index (κ3) is 9.78. The topological polar surface area (TPSA) is 294 Å². The largest absolute Gasteiger partial charge is 0.397 e. The van der Waals surface area contributed by atoms with Gasteiger partial charge >= 0.3 is 10.4 Å². The highest BCUT2D eigenvalue weighted by atomic mass is 35.5. The summed E-state index contributed by atoms with van der Waals surface area (Å²) in [6.45, 7) is 0.903. The average Bonchev–Trinajstić information content (AvgIpc) is 3.02. The molecule has 4 aromatic carbocycles. The first-order chi connectivity index (χ1) is 24.2. The highest BCUT2D eigenvalue weighted by Crippen LogP contribution is 2.34. The lowest BCUT2D eigenvalue weighted by atomic mass is 10.1. The van der Waals surface area contributed by atoms with Crippen molar-refractivity contribution < 1.29 is 51.5 Å². The molecule has 24 heteroatoms.